The molecule has 122 valence electrons. The van der Waals surface area contributed by atoms with E-state index in [2.05, 4.69) is 11.2 Å². The van der Waals surface area contributed by atoms with E-state index >= 15 is 0 Å². The van der Waals surface area contributed by atoms with E-state index in [-0.39, 0.29) is 5.91 Å². The summed E-state index contributed by atoms with van der Waals surface area (Å²) in [7, 11) is 1.52. The van der Waals surface area contributed by atoms with Crippen LogP contribution in [-0.4, -0.2) is 19.6 Å². The van der Waals surface area contributed by atoms with Gasteiger partial charge in [0.05, 0.1) is 25.0 Å². The molecule has 0 bridgehead atoms. The van der Waals surface area contributed by atoms with Gasteiger partial charge in [-0.2, -0.15) is 0 Å². The van der Waals surface area contributed by atoms with Gasteiger partial charge in [0.25, 0.3) is 5.91 Å². The maximum atomic E-state index is 12.6. The fourth-order valence-electron chi connectivity index (χ4n) is 2.35. The van der Waals surface area contributed by atoms with Gasteiger partial charge >= 0.3 is 0 Å². The first-order valence-corrected chi connectivity index (χ1v) is 7.89. The summed E-state index contributed by atoms with van der Waals surface area (Å²) in [5, 5.41) is 2.88. The fraction of sp³-hybridized carbons (Fsp3) is 0.250. The van der Waals surface area contributed by atoms with Gasteiger partial charge in [-0.15, -0.1) is 6.42 Å². The first-order chi connectivity index (χ1) is 11.7. The summed E-state index contributed by atoms with van der Waals surface area (Å²) in [5.74, 6) is 4.03. The normalized spacial score (nSPS) is 13.0. The number of ether oxygens (including phenoxy) is 2. The van der Waals surface area contributed by atoms with Crippen molar-refractivity contribution in [2.45, 2.75) is 12.8 Å². The molecule has 1 fully saturated rings. The number of amides is 1. The minimum absolute atomic E-state index is 0.286. The van der Waals surface area contributed by atoms with Crippen LogP contribution in [0.25, 0.3) is 0 Å². The molecule has 0 aromatic heterocycles. The van der Waals surface area contributed by atoms with Gasteiger partial charge in [0.15, 0.2) is 0 Å². The van der Waals surface area contributed by atoms with Crippen LogP contribution in [0.1, 0.15) is 28.8 Å². The Morgan fingerprint density at radius 1 is 1.25 bits per heavy atom. The summed E-state index contributed by atoms with van der Waals surface area (Å²) in [6.45, 7) is 0.683. The van der Waals surface area contributed by atoms with Crippen LogP contribution >= 0.6 is 0 Å². The largest absolute Gasteiger partial charge is 0.496 e. The van der Waals surface area contributed by atoms with Crippen molar-refractivity contribution in [3.63, 3.8) is 0 Å². The van der Waals surface area contributed by atoms with Crippen molar-refractivity contribution in [3.8, 4) is 23.8 Å². The Kier molecular flexibility index (Phi) is 4.72. The molecule has 0 atom stereocenters. The van der Waals surface area contributed by atoms with Crippen molar-refractivity contribution in [2.75, 3.05) is 19.0 Å². The zero-order valence-corrected chi connectivity index (χ0v) is 13.5. The molecular weight excluding hydrogens is 302 g/mol. The molecule has 0 radical (unpaired) electrons. The smallest absolute Gasteiger partial charge is 0.259 e. The highest BCUT2D eigenvalue weighted by atomic mass is 16.5. The van der Waals surface area contributed by atoms with Gasteiger partial charge in [0.2, 0.25) is 0 Å². The predicted molar refractivity (Wildman–Crippen MR) is 93.5 cm³/mol. The number of rotatable bonds is 6. The predicted octanol–water partition coefficient (Wildman–Crippen LogP) is 3.72. The highest BCUT2D eigenvalue weighted by molar-refractivity contribution is 6.07. The van der Waals surface area contributed by atoms with Crippen molar-refractivity contribution < 1.29 is 14.3 Å². The molecule has 3 rings (SSSR count). The molecular formula is C20H19NO3. The molecule has 4 heteroatoms. The second-order valence-electron chi connectivity index (χ2n) is 5.76. The van der Waals surface area contributed by atoms with Crippen LogP contribution < -0.4 is 14.8 Å². The quantitative estimate of drug-likeness (QED) is 0.825. The summed E-state index contributed by atoms with van der Waals surface area (Å²) < 4.78 is 11.1. The van der Waals surface area contributed by atoms with Gasteiger partial charge in [-0.1, -0.05) is 18.1 Å². The average molecular weight is 321 g/mol. The molecule has 4 nitrogen and oxygen atoms in total. The van der Waals surface area contributed by atoms with Crippen molar-refractivity contribution in [1.82, 2.24) is 0 Å². The van der Waals surface area contributed by atoms with Gasteiger partial charge < -0.3 is 14.8 Å². The molecule has 2 aromatic rings. The SMILES string of the molecule is C#Cc1ccc(OC)c(C(=O)Nc2ccccc2OCC2CC2)c1. The van der Waals surface area contributed by atoms with Crippen LogP contribution in [0.2, 0.25) is 0 Å². The van der Waals surface area contributed by atoms with E-state index < -0.39 is 0 Å². The number of methoxy groups -OCH3 is 1. The third-order valence-electron chi connectivity index (χ3n) is 3.92. The molecule has 1 aliphatic carbocycles. The summed E-state index contributed by atoms with van der Waals surface area (Å²) in [6.07, 6.45) is 7.84. The Balaban J connectivity index is 1.81. The summed E-state index contributed by atoms with van der Waals surface area (Å²) in [4.78, 5) is 12.6. The molecule has 0 aliphatic heterocycles. The number of benzene rings is 2. The molecule has 0 heterocycles. The maximum Gasteiger partial charge on any atom is 0.259 e. The Morgan fingerprint density at radius 3 is 2.75 bits per heavy atom. The molecule has 0 saturated heterocycles. The first-order valence-electron chi connectivity index (χ1n) is 7.89. The highest BCUT2D eigenvalue weighted by Gasteiger charge is 2.22. The molecule has 2 aromatic carbocycles. The van der Waals surface area contributed by atoms with Crippen LogP contribution in [0, 0.1) is 18.3 Å². The number of hydrogen-bond acceptors (Lipinski definition) is 3. The first kappa shape index (κ1) is 15.9. The number of para-hydroxylation sites is 2. The molecule has 0 unspecified atom stereocenters. The summed E-state index contributed by atoms with van der Waals surface area (Å²) in [5.41, 5.74) is 1.65. The molecule has 0 spiro atoms. The van der Waals surface area contributed by atoms with Crippen LogP contribution in [0.15, 0.2) is 42.5 Å². The number of carbonyl (C=O) groups excluding carboxylic acids is 1. The molecule has 1 aliphatic rings. The fourth-order valence-corrected chi connectivity index (χ4v) is 2.35. The Hall–Kier alpha value is -2.93. The lowest BCUT2D eigenvalue weighted by Crippen LogP contribution is -2.14. The highest BCUT2D eigenvalue weighted by Crippen LogP contribution is 2.32. The summed E-state index contributed by atoms with van der Waals surface area (Å²) in [6, 6.07) is 12.5. The van der Waals surface area contributed by atoms with E-state index in [1.165, 1.54) is 20.0 Å². The van der Waals surface area contributed by atoms with E-state index in [0.29, 0.717) is 40.8 Å². The third kappa shape index (κ3) is 3.69. The number of hydrogen-bond donors (Lipinski definition) is 1. The zero-order valence-electron chi connectivity index (χ0n) is 13.5. The van der Waals surface area contributed by atoms with Gasteiger partial charge in [-0.05, 0) is 49.1 Å². The topological polar surface area (TPSA) is 47.6 Å². The van der Waals surface area contributed by atoms with Crippen molar-refractivity contribution in [3.05, 3.63) is 53.6 Å². The van der Waals surface area contributed by atoms with E-state index in [1.807, 2.05) is 24.3 Å². The van der Waals surface area contributed by atoms with E-state index in [0.717, 1.165) is 0 Å². The third-order valence-corrected chi connectivity index (χ3v) is 3.92. The molecule has 24 heavy (non-hydrogen) atoms. The Bertz CT molecular complexity index is 788. The Morgan fingerprint density at radius 2 is 2.04 bits per heavy atom. The lowest BCUT2D eigenvalue weighted by Gasteiger charge is -2.13. The second-order valence-corrected chi connectivity index (χ2v) is 5.76. The zero-order chi connectivity index (χ0) is 16.9. The van der Waals surface area contributed by atoms with Crippen LogP contribution in [-0.2, 0) is 0 Å². The Labute approximate surface area is 141 Å². The molecule has 1 saturated carbocycles. The van der Waals surface area contributed by atoms with Crippen molar-refractivity contribution >= 4 is 11.6 Å². The van der Waals surface area contributed by atoms with Gasteiger partial charge in [0, 0.05) is 5.56 Å². The van der Waals surface area contributed by atoms with E-state index in [9.17, 15) is 4.79 Å². The number of terminal acetylenes is 1. The molecule has 1 N–H and O–H groups in total. The number of anilines is 1. The van der Waals surface area contributed by atoms with Crippen LogP contribution in [0.3, 0.4) is 0 Å². The lowest BCUT2D eigenvalue weighted by atomic mass is 10.1. The summed E-state index contributed by atoms with van der Waals surface area (Å²) >= 11 is 0. The monoisotopic (exact) mass is 321 g/mol. The standard InChI is InChI=1S/C20H19NO3/c1-3-14-10-11-18(23-2)16(12-14)20(22)21-17-6-4-5-7-19(17)24-13-15-8-9-15/h1,4-7,10-12,15H,8-9,13H2,2H3,(H,21,22). The lowest BCUT2D eigenvalue weighted by molar-refractivity contribution is 0.102. The van der Waals surface area contributed by atoms with Gasteiger partial charge in [-0.25, -0.2) is 0 Å². The minimum atomic E-state index is -0.286. The number of carbonyl (C=O) groups is 1. The minimum Gasteiger partial charge on any atom is -0.496 e. The molecule has 1 amide bonds. The number of nitrogens with one attached hydrogen (secondary N) is 1. The second kappa shape index (κ2) is 7.10. The van der Waals surface area contributed by atoms with Gasteiger partial charge in [-0.3, -0.25) is 4.79 Å². The van der Waals surface area contributed by atoms with Gasteiger partial charge in [0.1, 0.15) is 11.5 Å². The van der Waals surface area contributed by atoms with Crippen molar-refractivity contribution in [1.29, 1.82) is 0 Å². The average Bonchev–Trinajstić information content (AvgIpc) is 3.44. The van der Waals surface area contributed by atoms with Crippen molar-refractivity contribution in [2.24, 2.45) is 5.92 Å². The van der Waals surface area contributed by atoms with Crippen LogP contribution in [0.4, 0.5) is 5.69 Å². The van der Waals surface area contributed by atoms with E-state index in [1.54, 1.807) is 18.2 Å². The van der Waals surface area contributed by atoms with Crippen LogP contribution in [0.5, 0.6) is 11.5 Å². The maximum absolute atomic E-state index is 12.6. The van der Waals surface area contributed by atoms with E-state index in [4.69, 9.17) is 15.9 Å².